The van der Waals surface area contributed by atoms with Crippen molar-refractivity contribution in [2.24, 2.45) is 0 Å². The molecule has 0 radical (unpaired) electrons. The molecule has 0 fully saturated rings. The maximum Gasteiger partial charge on any atom is 0.306 e. The molecule has 0 spiro atoms. The van der Waals surface area contributed by atoms with E-state index < -0.39 is 32.5 Å². The molecule has 0 aromatic rings. The zero-order chi connectivity index (χ0) is 57.0. The van der Waals surface area contributed by atoms with Gasteiger partial charge in [0.15, 0.2) is 6.10 Å². The van der Waals surface area contributed by atoms with Crippen LogP contribution in [0.25, 0.3) is 0 Å². The van der Waals surface area contributed by atoms with Gasteiger partial charge in [0, 0.05) is 12.8 Å². The molecule has 0 heterocycles. The Labute approximate surface area is 482 Å². The summed E-state index contributed by atoms with van der Waals surface area (Å²) in [7, 11) is 1.13. The number of likely N-dealkylation sites (N-methyl/N-ethyl adjacent to an activating group) is 1. The van der Waals surface area contributed by atoms with E-state index in [0.29, 0.717) is 17.4 Å². The van der Waals surface area contributed by atoms with Crippen molar-refractivity contribution in [3.8, 4) is 0 Å². The summed E-state index contributed by atoms with van der Waals surface area (Å²) in [5.41, 5.74) is 0. The average molecular weight is 1110 g/mol. The van der Waals surface area contributed by atoms with E-state index in [1.165, 1.54) is 212 Å². The van der Waals surface area contributed by atoms with Crippen LogP contribution in [0.4, 0.5) is 0 Å². The minimum absolute atomic E-state index is 0.0443. The van der Waals surface area contributed by atoms with Crippen LogP contribution in [0.5, 0.6) is 0 Å². The molecule has 0 aromatic carbocycles. The number of phosphoric acid groups is 1. The van der Waals surface area contributed by atoms with Gasteiger partial charge in [-0.05, 0) is 70.6 Å². The predicted octanol–water partition coefficient (Wildman–Crippen LogP) is 20.2. The number of esters is 2. The Bertz CT molecular complexity index is 1550. The third-order valence-corrected chi connectivity index (χ3v) is 15.2. The lowest BCUT2D eigenvalue weighted by atomic mass is 10.0. The minimum atomic E-state index is -4.65. The molecular formula is C68H124NO8P. The van der Waals surface area contributed by atoms with E-state index in [1.54, 1.807) is 0 Å². The smallest absolute Gasteiger partial charge is 0.306 e. The van der Waals surface area contributed by atoms with Gasteiger partial charge in [-0.3, -0.25) is 14.2 Å². The van der Waals surface area contributed by atoms with Crippen molar-refractivity contribution in [2.75, 3.05) is 47.5 Å². The van der Waals surface area contributed by atoms with Gasteiger partial charge in [0.25, 0.3) is 7.82 Å². The Hall–Kier alpha value is -2.55. The second kappa shape index (κ2) is 59.1. The molecule has 0 aliphatic heterocycles. The number of carbonyl (C=O) groups excluding carboxylic acids is 2. The number of nitrogens with zero attached hydrogens (tertiary/aromatic N) is 1. The van der Waals surface area contributed by atoms with Gasteiger partial charge in [0.05, 0.1) is 27.7 Å². The first kappa shape index (κ1) is 75.5. The molecule has 0 aliphatic carbocycles. The number of hydrogen-bond donors (Lipinski definition) is 0. The first-order chi connectivity index (χ1) is 38.0. The Kier molecular flexibility index (Phi) is 57.2. The van der Waals surface area contributed by atoms with Crippen molar-refractivity contribution < 1.29 is 42.1 Å². The van der Waals surface area contributed by atoms with Crippen LogP contribution in [0.1, 0.15) is 296 Å². The van der Waals surface area contributed by atoms with Gasteiger partial charge >= 0.3 is 11.9 Å². The number of allylic oxidation sites excluding steroid dienone is 12. The molecule has 0 saturated carbocycles. The molecule has 2 unspecified atom stereocenters. The van der Waals surface area contributed by atoms with Gasteiger partial charge < -0.3 is 27.9 Å². The van der Waals surface area contributed by atoms with Gasteiger partial charge in [-0.2, -0.15) is 0 Å². The standard InChI is InChI=1S/C68H124NO8P/c1-6-8-10-12-14-16-18-20-21-22-23-24-25-26-27-28-29-30-31-32-33-34-35-36-37-38-39-40-41-42-43-44-45-46-47-49-50-52-54-56-58-60-67(70)74-64-66(65-76-78(72,73)75-63-62-69(3,4)5)77-68(71)61-59-57-55-53-51-48-19-17-15-13-11-9-7-2/h9,11,15,17-18,20,22-23,48,51,55,57,66H,6-8,10,12-14,16,19,21,24-47,49-50,52-54,56,58-65H2,1-5H3/b11-9-,17-15-,20-18-,23-22-,51-48-,57-55-. The maximum atomic E-state index is 12.7. The van der Waals surface area contributed by atoms with Crippen molar-refractivity contribution in [2.45, 2.75) is 302 Å². The number of carbonyl (C=O) groups is 2. The Morgan fingerprint density at radius 2 is 0.756 bits per heavy atom. The van der Waals surface area contributed by atoms with Gasteiger partial charge in [-0.1, -0.05) is 286 Å². The number of unbranched alkanes of at least 4 members (excludes halogenated alkanes) is 34. The van der Waals surface area contributed by atoms with Gasteiger partial charge in [0.2, 0.25) is 0 Å². The van der Waals surface area contributed by atoms with Crippen LogP contribution >= 0.6 is 7.82 Å². The van der Waals surface area contributed by atoms with Crippen molar-refractivity contribution in [1.82, 2.24) is 0 Å². The molecule has 78 heavy (non-hydrogen) atoms. The second-order valence-electron chi connectivity index (χ2n) is 23.1. The van der Waals surface area contributed by atoms with Crippen molar-refractivity contribution in [1.29, 1.82) is 0 Å². The van der Waals surface area contributed by atoms with E-state index in [1.807, 2.05) is 33.3 Å². The van der Waals surface area contributed by atoms with E-state index in [0.717, 1.165) is 51.4 Å². The van der Waals surface area contributed by atoms with Gasteiger partial charge in [0.1, 0.15) is 19.8 Å². The number of ether oxygens (including phenoxy) is 2. The monoisotopic (exact) mass is 1110 g/mol. The van der Waals surface area contributed by atoms with Gasteiger partial charge in [-0.25, -0.2) is 0 Å². The maximum absolute atomic E-state index is 12.7. The van der Waals surface area contributed by atoms with E-state index in [9.17, 15) is 19.0 Å². The quantitative estimate of drug-likeness (QED) is 0.0195. The van der Waals surface area contributed by atoms with Crippen molar-refractivity contribution in [3.63, 3.8) is 0 Å². The molecular weight excluding hydrogens is 990 g/mol. The van der Waals surface area contributed by atoms with Crippen molar-refractivity contribution >= 4 is 19.8 Å². The molecule has 0 bridgehead atoms. The van der Waals surface area contributed by atoms with Crippen molar-refractivity contribution in [3.05, 3.63) is 72.9 Å². The largest absolute Gasteiger partial charge is 0.756 e. The highest BCUT2D eigenvalue weighted by Crippen LogP contribution is 2.38. The van der Waals surface area contributed by atoms with Gasteiger partial charge in [-0.15, -0.1) is 0 Å². The Balaban J connectivity index is 3.84. The molecule has 9 nitrogen and oxygen atoms in total. The highest BCUT2D eigenvalue weighted by Gasteiger charge is 2.21. The first-order valence-electron chi connectivity index (χ1n) is 32.6. The average Bonchev–Trinajstić information content (AvgIpc) is 3.40. The summed E-state index contributed by atoms with van der Waals surface area (Å²) < 4.78 is 34.0. The van der Waals surface area contributed by atoms with E-state index in [-0.39, 0.29) is 26.1 Å². The summed E-state index contributed by atoms with van der Waals surface area (Å²) in [6.07, 6.45) is 79.0. The number of hydrogen-bond acceptors (Lipinski definition) is 8. The molecule has 10 heteroatoms. The normalized spacial score (nSPS) is 13.7. The van der Waals surface area contributed by atoms with E-state index in [4.69, 9.17) is 18.5 Å². The summed E-state index contributed by atoms with van der Waals surface area (Å²) in [5, 5.41) is 0. The molecule has 0 aromatic heterocycles. The SMILES string of the molecule is CC/C=C\C/C=C\C/C=C\C/C=C\CCC(=O)OC(COC(=O)CCCCCCCCCCCCCCCCCCCCCCCCCCCCCCC/C=C\C/C=C\CCCCCCC)COP(=O)([O-])OCC[N+](C)(C)C. The molecule has 0 rings (SSSR count). The third-order valence-electron chi connectivity index (χ3n) is 14.2. The topological polar surface area (TPSA) is 111 Å². The fraction of sp³-hybridized carbons (Fsp3) is 0.794. The van der Waals surface area contributed by atoms with Crippen LogP contribution in [0.2, 0.25) is 0 Å². The lowest BCUT2D eigenvalue weighted by Crippen LogP contribution is -2.37. The summed E-state index contributed by atoms with van der Waals surface area (Å²) in [4.78, 5) is 37.7. The van der Waals surface area contributed by atoms with Crippen LogP contribution in [0.3, 0.4) is 0 Å². The van der Waals surface area contributed by atoms with Crippen LogP contribution in [-0.2, 0) is 32.7 Å². The Morgan fingerprint density at radius 3 is 1.14 bits per heavy atom. The zero-order valence-corrected chi connectivity index (χ0v) is 52.5. The second-order valence-corrected chi connectivity index (χ2v) is 24.5. The summed E-state index contributed by atoms with van der Waals surface area (Å²) >= 11 is 0. The van der Waals surface area contributed by atoms with E-state index >= 15 is 0 Å². The molecule has 0 N–H and O–H groups in total. The third kappa shape index (κ3) is 62.6. The van der Waals surface area contributed by atoms with E-state index in [2.05, 4.69) is 74.6 Å². The minimum Gasteiger partial charge on any atom is -0.756 e. The number of rotatable bonds is 60. The molecule has 0 amide bonds. The molecule has 2 atom stereocenters. The highest BCUT2D eigenvalue weighted by molar-refractivity contribution is 7.45. The Morgan fingerprint density at radius 1 is 0.410 bits per heavy atom. The molecule has 454 valence electrons. The number of phosphoric ester groups is 1. The predicted molar refractivity (Wildman–Crippen MR) is 333 cm³/mol. The first-order valence-corrected chi connectivity index (χ1v) is 34.1. The number of quaternary nitrogens is 1. The fourth-order valence-electron chi connectivity index (χ4n) is 9.23. The summed E-state index contributed by atoms with van der Waals surface area (Å²) in [6, 6.07) is 0. The lowest BCUT2D eigenvalue weighted by Gasteiger charge is -2.28. The summed E-state index contributed by atoms with van der Waals surface area (Å²) in [6.45, 7) is 4.04. The lowest BCUT2D eigenvalue weighted by molar-refractivity contribution is -0.870. The van der Waals surface area contributed by atoms with Crippen LogP contribution in [0.15, 0.2) is 72.9 Å². The van der Waals surface area contributed by atoms with Crippen LogP contribution in [0, 0.1) is 0 Å². The fourth-order valence-corrected chi connectivity index (χ4v) is 9.96. The van der Waals surface area contributed by atoms with Crippen LogP contribution in [-0.4, -0.2) is 70.0 Å². The molecule has 0 aliphatic rings. The van der Waals surface area contributed by atoms with Crippen LogP contribution < -0.4 is 4.89 Å². The zero-order valence-electron chi connectivity index (χ0n) is 51.6. The summed E-state index contributed by atoms with van der Waals surface area (Å²) in [5.74, 6) is -0.921. The molecule has 0 saturated heterocycles. The highest BCUT2D eigenvalue weighted by atomic mass is 31.2.